The lowest BCUT2D eigenvalue weighted by Crippen LogP contribution is -1.84. The maximum atomic E-state index is 9.45. The Morgan fingerprint density at radius 2 is 1.87 bits per heavy atom. The molecule has 0 saturated heterocycles. The van der Waals surface area contributed by atoms with E-state index >= 15 is 0 Å². The van der Waals surface area contributed by atoms with Crippen LogP contribution in [0, 0.1) is 11.3 Å². The Labute approximate surface area is 139 Å². The average Bonchev–Trinajstić information content (AvgIpc) is 3.11. The zero-order valence-corrected chi connectivity index (χ0v) is 13.4. The summed E-state index contributed by atoms with van der Waals surface area (Å²) in [6, 6.07) is 19.8. The third-order valence-electron chi connectivity index (χ3n) is 3.35. The fourth-order valence-corrected chi connectivity index (χ4v) is 2.94. The summed E-state index contributed by atoms with van der Waals surface area (Å²) in [6.07, 6.45) is 1.84. The molecule has 1 heterocycles. The summed E-state index contributed by atoms with van der Waals surface area (Å²) in [5.74, 6) is 0.793. The predicted octanol–water partition coefficient (Wildman–Crippen LogP) is 4.88. The zero-order valence-electron chi connectivity index (χ0n) is 12.6. The SMILES string of the molecule is COc1ccc(C=C(C#N)c2nc(-c3ccccc3)cs2)cc1. The van der Waals surface area contributed by atoms with Crippen molar-refractivity contribution in [3.63, 3.8) is 0 Å². The molecule has 4 heteroatoms. The van der Waals surface area contributed by atoms with Gasteiger partial charge in [0.1, 0.15) is 16.8 Å². The van der Waals surface area contributed by atoms with Crippen molar-refractivity contribution in [2.75, 3.05) is 7.11 Å². The normalized spacial score (nSPS) is 11.0. The van der Waals surface area contributed by atoms with Gasteiger partial charge in [-0.05, 0) is 23.8 Å². The van der Waals surface area contributed by atoms with Crippen molar-refractivity contribution >= 4 is 23.0 Å². The highest BCUT2D eigenvalue weighted by molar-refractivity contribution is 7.11. The first-order valence-electron chi connectivity index (χ1n) is 7.07. The van der Waals surface area contributed by atoms with Crippen LogP contribution in [0.5, 0.6) is 5.75 Å². The van der Waals surface area contributed by atoms with E-state index in [0.29, 0.717) is 5.57 Å². The Hall–Kier alpha value is -2.90. The van der Waals surface area contributed by atoms with Gasteiger partial charge < -0.3 is 4.74 Å². The number of hydrogen-bond acceptors (Lipinski definition) is 4. The second kappa shape index (κ2) is 6.91. The van der Waals surface area contributed by atoms with Crippen LogP contribution in [0.1, 0.15) is 10.6 Å². The van der Waals surface area contributed by atoms with Crippen molar-refractivity contribution < 1.29 is 4.74 Å². The van der Waals surface area contributed by atoms with Crippen LogP contribution < -0.4 is 4.74 Å². The van der Waals surface area contributed by atoms with Crippen LogP contribution >= 0.6 is 11.3 Å². The van der Waals surface area contributed by atoms with Gasteiger partial charge in [0.25, 0.3) is 0 Å². The Morgan fingerprint density at radius 3 is 2.52 bits per heavy atom. The molecule has 0 aliphatic carbocycles. The molecule has 0 atom stereocenters. The lowest BCUT2D eigenvalue weighted by atomic mass is 10.1. The minimum Gasteiger partial charge on any atom is -0.497 e. The summed E-state index contributed by atoms with van der Waals surface area (Å²) >= 11 is 1.48. The highest BCUT2D eigenvalue weighted by Gasteiger charge is 2.09. The highest BCUT2D eigenvalue weighted by atomic mass is 32.1. The number of nitrogens with zero attached hydrogens (tertiary/aromatic N) is 2. The summed E-state index contributed by atoms with van der Waals surface area (Å²) in [5, 5.41) is 12.1. The molecule has 3 rings (SSSR count). The van der Waals surface area contributed by atoms with Crippen molar-refractivity contribution in [2.24, 2.45) is 0 Å². The number of methoxy groups -OCH3 is 1. The number of aromatic nitrogens is 1. The first kappa shape index (κ1) is 15.0. The second-order valence-corrected chi connectivity index (χ2v) is 5.71. The Morgan fingerprint density at radius 1 is 1.13 bits per heavy atom. The molecule has 3 nitrogen and oxygen atoms in total. The lowest BCUT2D eigenvalue weighted by Gasteiger charge is -2.00. The van der Waals surface area contributed by atoms with E-state index in [9.17, 15) is 5.26 Å². The highest BCUT2D eigenvalue weighted by Crippen LogP contribution is 2.27. The minimum absolute atomic E-state index is 0.558. The van der Waals surface area contributed by atoms with Gasteiger partial charge in [-0.25, -0.2) is 4.98 Å². The maximum Gasteiger partial charge on any atom is 0.134 e. The maximum absolute atomic E-state index is 9.45. The molecule has 0 saturated carbocycles. The summed E-state index contributed by atoms with van der Waals surface area (Å²) in [7, 11) is 1.63. The minimum atomic E-state index is 0.558. The summed E-state index contributed by atoms with van der Waals surface area (Å²) in [4.78, 5) is 4.58. The Bertz CT molecular complexity index is 858. The summed E-state index contributed by atoms with van der Waals surface area (Å²) in [5.41, 5.74) is 3.44. The van der Waals surface area contributed by atoms with E-state index < -0.39 is 0 Å². The van der Waals surface area contributed by atoms with Crippen molar-refractivity contribution in [1.29, 1.82) is 5.26 Å². The largest absolute Gasteiger partial charge is 0.497 e. The fourth-order valence-electron chi connectivity index (χ4n) is 2.15. The van der Waals surface area contributed by atoms with Gasteiger partial charge >= 0.3 is 0 Å². The van der Waals surface area contributed by atoms with Gasteiger partial charge in [-0.3, -0.25) is 0 Å². The van der Waals surface area contributed by atoms with Crippen LogP contribution in [-0.4, -0.2) is 12.1 Å². The molecule has 1 aromatic heterocycles. The molecule has 0 amide bonds. The topological polar surface area (TPSA) is 45.9 Å². The van der Waals surface area contributed by atoms with Crippen LogP contribution in [0.3, 0.4) is 0 Å². The van der Waals surface area contributed by atoms with Gasteiger partial charge in [0.05, 0.1) is 18.4 Å². The zero-order chi connectivity index (χ0) is 16.1. The molecule has 0 unspecified atom stereocenters. The molecule has 112 valence electrons. The quantitative estimate of drug-likeness (QED) is 0.644. The smallest absolute Gasteiger partial charge is 0.134 e. The second-order valence-electron chi connectivity index (χ2n) is 4.85. The number of allylic oxidation sites excluding steroid dienone is 1. The lowest BCUT2D eigenvalue weighted by molar-refractivity contribution is 0.415. The summed E-state index contributed by atoms with van der Waals surface area (Å²) in [6.45, 7) is 0. The van der Waals surface area contributed by atoms with Crippen molar-refractivity contribution in [2.45, 2.75) is 0 Å². The fraction of sp³-hybridized carbons (Fsp3) is 0.0526. The van der Waals surface area contributed by atoms with Gasteiger partial charge in [-0.1, -0.05) is 42.5 Å². The molecule has 23 heavy (non-hydrogen) atoms. The van der Waals surface area contributed by atoms with Crippen LogP contribution in [0.15, 0.2) is 60.0 Å². The number of benzene rings is 2. The van der Waals surface area contributed by atoms with E-state index in [4.69, 9.17) is 4.74 Å². The van der Waals surface area contributed by atoms with Crippen LogP contribution in [0.4, 0.5) is 0 Å². The van der Waals surface area contributed by atoms with E-state index in [1.165, 1.54) is 11.3 Å². The van der Waals surface area contributed by atoms with E-state index in [2.05, 4.69) is 11.1 Å². The van der Waals surface area contributed by atoms with E-state index in [-0.39, 0.29) is 0 Å². The molecule has 0 N–H and O–H groups in total. The molecule has 0 bridgehead atoms. The molecule has 0 aliphatic rings. The van der Waals surface area contributed by atoms with Crippen LogP contribution in [-0.2, 0) is 0 Å². The van der Waals surface area contributed by atoms with Crippen molar-refractivity contribution in [3.8, 4) is 23.1 Å². The van der Waals surface area contributed by atoms with Gasteiger partial charge in [0.2, 0.25) is 0 Å². The van der Waals surface area contributed by atoms with Gasteiger partial charge in [0, 0.05) is 10.9 Å². The van der Waals surface area contributed by atoms with E-state index in [1.807, 2.05) is 66.1 Å². The molecule has 0 spiro atoms. The first-order valence-corrected chi connectivity index (χ1v) is 7.95. The number of thiazole rings is 1. The van der Waals surface area contributed by atoms with E-state index in [0.717, 1.165) is 27.6 Å². The molecule has 2 aromatic carbocycles. The van der Waals surface area contributed by atoms with Gasteiger partial charge in [-0.2, -0.15) is 5.26 Å². The van der Waals surface area contributed by atoms with Gasteiger partial charge in [0.15, 0.2) is 0 Å². The third-order valence-corrected chi connectivity index (χ3v) is 4.23. The third kappa shape index (κ3) is 3.47. The molecule has 0 aliphatic heterocycles. The first-order chi connectivity index (χ1) is 11.3. The number of rotatable bonds is 4. The van der Waals surface area contributed by atoms with Crippen LogP contribution in [0.2, 0.25) is 0 Å². The van der Waals surface area contributed by atoms with Gasteiger partial charge in [-0.15, -0.1) is 11.3 Å². The Kier molecular flexibility index (Phi) is 4.51. The molecule has 0 radical (unpaired) electrons. The molecular formula is C19H14N2OS. The number of hydrogen-bond donors (Lipinski definition) is 0. The van der Waals surface area contributed by atoms with Crippen LogP contribution in [0.25, 0.3) is 22.9 Å². The predicted molar refractivity (Wildman–Crippen MR) is 94.0 cm³/mol. The number of ether oxygens (including phenoxy) is 1. The average molecular weight is 318 g/mol. The molecule has 3 aromatic rings. The standard InChI is InChI=1S/C19H14N2OS/c1-22-17-9-7-14(8-10-17)11-16(12-20)19-21-18(13-23-19)15-5-3-2-4-6-15/h2-11,13H,1H3. The molecule has 0 fully saturated rings. The van der Waals surface area contributed by atoms with Crippen molar-refractivity contribution in [3.05, 3.63) is 70.5 Å². The molecular weight excluding hydrogens is 304 g/mol. The van der Waals surface area contributed by atoms with Crippen molar-refractivity contribution in [1.82, 2.24) is 4.98 Å². The number of nitriles is 1. The Balaban J connectivity index is 1.90. The monoisotopic (exact) mass is 318 g/mol. The summed E-state index contributed by atoms with van der Waals surface area (Å²) < 4.78 is 5.14. The van der Waals surface area contributed by atoms with E-state index in [1.54, 1.807) is 7.11 Å².